The van der Waals surface area contributed by atoms with Gasteiger partial charge in [0, 0.05) is 5.92 Å². The van der Waals surface area contributed by atoms with Crippen LogP contribution in [-0.2, 0) is 4.74 Å². The fraction of sp³-hybridized carbons (Fsp3) is 0.714. The number of aromatic nitrogens is 2. The summed E-state index contributed by atoms with van der Waals surface area (Å²) in [6, 6.07) is 0. The number of carbonyl (C=O) groups is 1. The Morgan fingerprint density at radius 2 is 2.17 bits per heavy atom. The van der Waals surface area contributed by atoms with Crippen molar-refractivity contribution in [3.05, 3.63) is 17.7 Å². The van der Waals surface area contributed by atoms with Crippen molar-refractivity contribution < 1.29 is 9.53 Å². The lowest BCUT2D eigenvalue weighted by molar-refractivity contribution is 0.0594. The number of rotatable bonds is 4. The SMILES string of the molecule is CCCC1CCC(c2ncc(C(=O)OC)[nH]2)CC1. The van der Waals surface area contributed by atoms with E-state index >= 15 is 0 Å². The lowest BCUT2D eigenvalue weighted by Gasteiger charge is -2.27. The van der Waals surface area contributed by atoms with E-state index in [4.69, 9.17) is 0 Å². The van der Waals surface area contributed by atoms with Gasteiger partial charge in [-0.1, -0.05) is 19.8 Å². The van der Waals surface area contributed by atoms with Crippen LogP contribution in [0.4, 0.5) is 0 Å². The molecule has 0 bridgehead atoms. The highest BCUT2D eigenvalue weighted by atomic mass is 16.5. The van der Waals surface area contributed by atoms with Crippen molar-refractivity contribution in [1.82, 2.24) is 9.97 Å². The van der Waals surface area contributed by atoms with Crippen LogP contribution in [-0.4, -0.2) is 23.0 Å². The van der Waals surface area contributed by atoms with E-state index in [9.17, 15) is 4.79 Å². The highest BCUT2D eigenvalue weighted by Gasteiger charge is 2.24. The Labute approximate surface area is 108 Å². The molecule has 2 rings (SSSR count). The van der Waals surface area contributed by atoms with Crippen molar-refractivity contribution >= 4 is 5.97 Å². The summed E-state index contributed by atoms with van der Waals surface area (Å²) in [6.45, 7) is 2.25. The average Bonchev–Trinajstić information content (AvgIpc) is 2.89. The molecule has 0 radical (unpaired) electrons. The summed E-state index contributed by atoms with van der Waals surface area (Å²) >= 11 is 0. The normalized spacial score (nSPS) is 23.9. The van der Waals surface area contributed by atoms with Crippen molar-refractivity contribution in [3.8, 4) is 0 Å². The van der Waals surface area contributed by atoms with Crippen LogP contribution in [0, 0.1) is 5.92 Å². The second kappa shape index (κ2) is 6.03. The second-order valence-corrected chi connectivity index (χ2v) is 5.18. The van der Waals surface area contributed by atoms with Crippen LogP contribution in [0.2, 0.25) is 0 Å². The topological polar surface area (TPSA) is 55.0 Å². The first-order valence-corrected chi connectivity index (χ1v) is 6.87. The predicted molar refractivity (Wildman–Crippen MR) is 69.5 cm³/mol. The third-order valence-electron chi connectivity index (χ3n) is 3.93. The highest BCUT2D eigenvalue weighted by molar-refractivity contribution is 5.86. The minimum Gasteiger partial charge on any atom is -0.464 e. The van der Waals surface area contributed by atoms with Crippen molar-refractivity contribution in [3.63, 3.8) is 0 Å². The zero-order chi connectivity index (χ0) is 13.0. The van der Waals surface area contributed by atoms with Crippen molar-refractivity contribution in [2.24, 2.45) is 5.92 Å². The van der Waals surface area contributed by atoms with Gasteiger partial charge in [-0.05, 0) is 31.6 Å². The third-order valence-corrected chi connectivity index (χ3v) is 3.93. The lowest BCUT2D eigenvalue weighted by atomic mass is 9.80. The highest BCUT2D eigenvalue weighted by Crippen LogP contribution is 2.36. The van der Waals surface area contributed by atoms with E-state index < -0.39 is 0 Å². The van der Waals surface area contributed by atoms with Gasteiger partial charge in [0.2, 0.25) is 0 Å². The van der Waals surface area contributed by atoms with Gasteiger partial charge in [0.15, 0.2) is 0 Å². The van der Waals surface area contributed by atoms with Crippen LogP contribution < -0.4 is 0 Å². The van der Waals surface area contributed by atoms with Gasteiger partial charge in [0.1, 0.15) is 11.5 Å². The zero-order valence-electron chi connectivity index (χ0n) is 11.2. The van der Waals surface area contributed by atoms with Crippen LogP contribution in [0.1, 0.15) is 67.7 Å². The molecule has 0 aliphatic heterocycles. The number of carbonyl (C=O) groups excluding carboxylic acids is 1. The Kier molecular flexibility index (Phi) is 4.39. The minimum absolute atomic E-state index is 0.339. The molecular formula is C14H22N2O2. The van der Waals surface area contributed by atoms with Gasteiger partial charge in [-0.15, -0.1) is 0 Å². The molecular weight excluding hydrogens is 228 g/mol. The molecule has 1 N–H and O–H groups in total. The molecule has 1 heterocycles. The first kappa shape index (κ1) is 13.1. The monoisotopic (exact) mass is 250 g/mol. The molecule has 100 valence electrons. The van der Waals surface area contributed by atoms with E-state index in [0.717, 1.165) is 11.7 Å². The average molecular weight is 250 g/mol. The molecule has 0 saturated heterocycles. The number of esters is 1. The number of aromatic amines is 1. The largest absolute Gasteiger partial charge is 0.464 e. The molecule has 1 aliphatic rings. The number of hydrogen-bond donors (Lipinski definition) is 1. The van der Waals surface area contributed by atoms with E-state index in [0.29, 0.717) is 11.6 Å². The van der Waals surface area contributed by atoms with Crippen LogP contribution in [0.15, 0.2) is 6.20 Å². The first-order chi connectivity index (χ1) is 8.74. The Bertz CT molecular complexity index is 392. The van der Waals surface area contributed by atoms with E-state index in [2.05, 4.69) is 21.6 Å². The van der Waals surface area contributed by atoms with E-state index in [1.54, 1.807) is 6.20 Å². The maximum Gasteiger partial charge on any atom is 0.356 e. The quantitative estimate of drug-likeness (QED) is 0.834. The minimum atomic E-state index is -0.339. The summed E-state index contributed by atoms with van der Waals surface area (Å²) in [6.07, 6.45) is 9.14. The standard InChI is InChI=1S/C14H22N2O2/c1-3-4-10-5-7-11(8-6-10)13-15-9-12(16-13)14(17)18-2/h9-11H,3-8H2,1-2H3,(H,15,16). The molecule has 1 aromatic heterocycles. The maximum atomic E-state index is 11.4. The van der Waals surface area contributed by atoms with Gasteiger partial charge in [-0.3, -0.25) is 0 Å². The lowest BCUT2D eigenvalue weighted by Crippen LogP contribution is -2.14. The fourth-order valence-corrected chi connectivity index (χ4v) is 2.89. The number of nitrogens with one attached hydrogen (secondary N) is 1. The summed E-state index contributed by atoms with van der Waals surface area (Å²) in [7, 11) is 1.39. The third kappa shape index (κ3) is 2.92. The molecule has 1 fully saturated rings. The molecule has 4 heteroatoms. The van der Waals surface area contributed by atoms with E-state index in [-0.39, 0.29) is 5.97 Å². The van der Waals surface area contributed by atoms with Crippen LogP contribution >= 0.6 is 0 Å². The molecule has 1 aliphatic carbocycles. The molecule has 4 nitrogen and oxygen atoms in total. The van der Waals surface area contributed by atoms with Crippen molar-refractivity contribution in [1.29, 1.82) is 0 Å². The van der Waals surface area contributed by atoms with Gasteiger partial charge in [-0.2, -0.15) is 0 Å². The number of imidazole rings is 1. The summed E-state index contributed by atoms with van der Waals surface area (Å²) in [5.41, 5.74) is 0.461. The molecule has 0 atom stereocenters. The van der Waals surface area contributed by atoms with Crippen LogP contribution in [0.25, 0.3) is 0 Å². The van der Waals surface area contributed by atoms with Crippen molar-refractivity contribution in [2.75, 3.05) is 7.11 Å². The summed E-state index contributed by atoms with van der Waals surface area (Å²) in [4.78, 5) is 18.8. The number of H-pyrrole nitrogens is 1. The van der Waals surface area contributed by atoms with E-state index in [1.165, 1.54) is 45.6 Å². The Morgan fingerprint density at radius 3 is 2.78 bits per heavy atom. The van der Waals surface area contributed by atoms with E-state index in [1.807, 2.05) is 0 Å². The molecule has 18 heavy (non-hydrogen) atoms. The summed E-state index contributed by atoms with van der Waals surface area (Å²) in [5, 5.41) is 0. The van der Waals surface area contributed by atoms with Gasteiger partial charge >= 0.3 is 5.97 Å². The van der Waals surface area contributed by atoms with Crippen LogP contribution in [0.5, 0.6) is 0 Å². The predicted octanol–water partition coefficient (Wildman–Crippen LogP) is 3.27. The number of methoxy groups -OCH3 is 1. The van der Waals surface area contributed by atoms with Gasteiger partial charge < -0.3 is 9.72 Å². The van der Waals surface area contributed by atoms with Gasteiger partial charge in [-0.25, -0.2) is 9.78 Å². The zero-order valence-corrected chi connectivity index (χ0v) is 11.2. The first-order valence-electron chi connectivity index (χ1n) is 6.87. The summed E-state index contributed by atoms with van der Waals surface area (Å²) in [5.74, 6) is 1.98. The molecule has 0 aromatic carbocycles. The smallest absolute Gasteiger partial charge is 0.356 e. The molecule has 0 unspecified atom stereocenters. The Morgan fingerprint density at radius 1 is 1.44 bits per heavy atom. The molecule has 1 saturated carbocycles. The summed E-state index contributed by atoms with van der Waals surface area (Å²) < 4.78 is 4.68. The number of nitrogens with zero attached hydrogens (tertiary/aromatic N) is 1. The van der Waals surface area contributed by atoms with Crippen molar-refractivity contribution in [2.45, 2.75) is 51.4 Å². The Balaban J connectivity index is 1.93. The number of ether oxygens (including phenoxy) is 1. The Hall–Kier alpha value is -1.32. The van der Waals surface area contributed by atoms with Gasteiger partial charge in [0.05, 0.1) is 13.3 Å². The van der Waals surface area contributed by atoms with Crippen LogP contribution in [0.3, 0.4) is 0 Å². The number of hydrogen-bond acceptors (Lipinski definition) is 3. The fourth-order valence-electron chi connectivity index (χ4n) is 2.89. The second-order valence-electron chi connectivity index (χ2n) is 5.18. The van der Waals surface area contributed by atoms with Gasteiger partial charge in [0.25, 0.3) is 0 Å². The molecule has 1 aromatic rings. The molecule has 0 spiro atoms. The maximum absolute atomic E-state index is 11.4. The molecule has 0 amide bonds.